The maximum Gasteiger partial charge on any atom is 0.181 e. The smallest absolute Gasteiger partial charge is 0.181 e. The SMILES string of the molecule is c1nc2ccc(OCC3CCNCC3)cc2o1. The second-order valence-electron chi connectivity index (χ2n) is 4.49. The molecule has 1 fully saturated rings. The maximum absolute atomic E-state index is 5.81. The highest BCUT2D eigenvalue weighted by Crippen LogP contribution is 2.21. The first-order chi connectivity index (χ1) is 8.42. The lowest BCUT2D eigenvalue weighted by Crippen LogP contribution is -2.30. The third-order valence-corrected chi connectivity index (χ3v) is 3.25. The second kappa shape index (κ2) is 4.75. The van der Waals surface area contributed by atoms with Gasteiger partial charge in [0, 0.05) is 6.07 Å². The minimum atomic E-state index is 0.668. The summed E-state index contributed by atoms with van der Waals surface area (Å²) >= 11 is 0. The fraction of sp³-hybridized carbons (Fsp3) is 0.462. The van der Waals surface area contributed by atoms with Crippen molar-refractivity contribution in [2.24, 2.45) is 5.92 Å². The summed E-state index contributed by atoms with van der Waals surface area (Å²) in [6, 6.07) is 5.78. The van der Waals surface area contributed by atoms with Crippen molar-refractivity contribution < 1.29 is 9.15 Å². The molecule has 4 nitrogen and oxygen atoms in total. The summed E-state index contributed by atoms with van der Waals surface area (Å²) in [6.45, 7) is 3.01. The van der Waals surface area contributed by atoms with E-state index < -0.39 is 0 Å². The molecule has 4 heteroatoms. The number of fused-ring (bicyclic) bond motifs is 1. The average molecular weight is 232 g/mol. The Morgan fingerprint density at radius 2 is 2.24 bits per heavy atom. The molecule has 0 amide bonds. The number of piperidine rings is 1. The van der Waals surface area contributed by atoms with Crippen molar-refractivity contribution in [1.82, 2.24) is 10.3 Å². The number of benzene rings is 1. The first-order valence-corrected chi connectivity index (χ1v) is 6.08. The van der Waals surface area contributed by atoms with Crippen LogP contribution in [-0.4, -0.2) is 24.7 Å². The van der Waals surface area contributed by atoms with Crippen molar-refractivity contribution in [3.05, 3.63) is 24.6 Å². The Labute approximate surface area is 100.0 Å². The molecule has 90 valence electrons. The highest BCUT2D eigenvalue weighted by Gasteiger charge is 2.13. The van der Waals surface area contributed by atoms with Crippen LogP contribution in [0.4, 0.5) is 0 Å². The lowest BCUT2D eigenvalue weighted by atomic mass is 9.99. The standard InChI is InChI=1S/C13H16N2O2/c1-2-12-13(17-9-15-12)7-11(1)16-8-10-3-5-14-6-4-10/h1-2,7,9-10,14H,3-6,8H2. The Hall–Kier alpha value is -1.55. The Morgan fingerprint density at radius 3 is 3.12 bits per heavy atom. The molecule has 17 heavy (non-hydrogen) atoms. The fourth-order valence-corrected chi connectivity index (χ4v) is 2.19. The number of nitrogens with one attached hydrogen (secondary N) is 1. The van der Waals surface area contributed by atoms with E-state index >= 15 is 0 Å². The molecule has 0 unspecified atom stereocenters. The van der Waals surface area contributed by atoms with Gasteiger partial charge in [0.2, 0.25) is 0 Å². The molecule has 0 atom stereocenters. The molecule has 1 aromatic heterocycles. The van der Waals surface area contributed by atoms with E-state index in [9.17, 15) is 0 Å². The zero-order chi connectivity index (χ0) is 11.5. The van der Waals surface area contributed by atoms with Crippen molar-refractivity contribution in [2.75, 3.05) is 19.7 Å². The topological polar surface area (TPSA) is 47.3 Å². The molecule has 1 aliphatic rings. The number of oxazole rings is 1. The predicted molar refractivity (Wildman–Crippen MR) is 65.1 cm³/mol. The van der Waals surface area contributed by atoms with E-state index in [4.69, 9.17) is 9.15 Å². The van der Waals surface area contributed by atoms with E-state index in [1.807, 2.05) is 18.2 Å². The van der Waals surface area contributed by atoms with Gasteiger partial charge in [0.15, 0.2) is 12.0 Å². The summed E-state index contributed by atoms with van der Waals surface area (Å²) in [4.78, 5) is 4.08. The lowest BCUT2D eigenvalue weighted by Gasteiger charge is -2.22. The number of nitrogens with zero attached hydrogens (tertiary/aromatic N) is 1. The fourth-order valence-electron chi connectivity index (χ4n) is 2.19. The molecule has 1 N–H and O–H groups in total. The summed E-state index contributed by atoms with van der Waals surface area (Å²) in [7, 11) is 0. The number of rotatable bonds is 3. The van der Waals surface area contributed by atoms with Crippen molar-refractivity contribution in [1.29, 1.82) is 0 Å². The van der Waals surface area contributed by atoms with Crippen molar-refractivity contribution in [3.63, 3.8) is 0 Å². The van der Waals surface area contributed by atoms with E-state index in [2.05, 4.69) is 10.3 Å². The van der Waals surface area contributed by atoms with Crippen LogP contribution in [0, 0.1) is 5.92 Å². The quantitative estimate of drug-likeness (QED) is 0.881. The van der Waals surface area contributed by atoms with Gasteiger partial charge in [0.1, 0.15) is 11.3 Å². The third kappa shape index (κ3) is 2.42. The second-order valence-corrected chi connectivity index (χ2v) is 4.49. The Morgan fingerprint density at radius 1 is 1.35 bits per heavy atom. The van der Waals surface area contributed by atoms with Gasteiger partial charge in [-0.1, -0.05) is 0 Å². The molecule has 0 spiro atoms. The number of ether oxygens (including phenoxy) is 1. The van der Waals surface area contributed by atoms with Crippen LogP contribution in [0.2, 0.25) is 0 Å². The summed E-state index contributed by atoms with van der Waals surface area (Å²) < 4.78 is 11.1. The molecule has 3 rings (SSSR count). The minimum absolute atomic E-state index is 0.668. The number of hydrogen-bond acceptors (Lipinski definition) is 4. The Balaban J connectivity index is 1.63. The minimum Gasteiger partial charge on any atom is -0.493 e. The third-order valence-electron chi connectivity index (χ3n) is 3.25. The molecule has 0 bridgehead atoms. The van der Waals surface area contributed by atoms with Crippen molar-refractivity contribution >= 4 is 11.1 Å². The molecule has 1 aromatic carbocycles. The van der Waals surface area contributed by atoms with Gasteiger partial charge in [-0.3, -0.25) is 0 Å². The van der Waals surface area contributed by atoms with Gasteiger partial charge in [-0.25, -0.2) is 4.98 Å². The first kappa shape index (κ1) is 10.6. The molecule has 0 aliphatic carbocycles. The van der Waals surface area contributed by atoms with Gasteiger partial charge in [-0.05, 0) is 44.0 Å². The summed E-state index contributed by atoms with van der Waals surface area (Å²) in [5.74, 6) is 1.54. The van der Waals surface area contributed by atoms with Crippen molar-refractivity contribution in [3.8, 4) is 5.75 Å². The molecule has 2 aromatic rings. The Kier molecular flexibility index (Phi) is 2.96. The van der Waals surface area contributed by atoms with E-state index in [1.54, 1.807) is 0 Å². The van der Waals surface area contributed by atoms with Crippen LogP contribution in [0.1, 0.15) is 12.8 Å². The predicted octanol–water partition coefficient (Wildman–Crippen LogP) is 2.21. The van der Waals surface area contributed by atoms with Crippen molar-refractivity contribution in [2.45, 2.75) is 12.8 Å². The Bertz CT molecular complexity index is 489. The molecule has 1 aliphatic heterocycles. The summed E-state index contributed by atoms with van der Waals surface area (Å²) in [5.41, 5.74) is 1.66. The van der Waals surface area contributed by atoms with E-state index in [-0.39, 0.29) is 0 Å². The zero-order valence-electron chi connectivity index (χ0n) is 9.69. The van der Waals surface area contributed by atoms with Gasteiger partial charge < -0.3 is 14.5 Å². The van der Waals surface area contributed by atoms with Crippen LogP contribution in [0.5, 0.6) is 5.75 Å². The maximum atomic E-state index is 5.81. The van der Waals surface area contributed by atoms with E-state index in [1.165, 1.54) is 19.2 Å². The summed E-state index contributed by atoms with van der Waals surface area (Å²) in [6.07, 6.45) is 3.86. The highest BCUT2D eigenvalue weighted by atomic mass is 16.5. The highest BCUT2D eigenvalue weighted by molar-refractivity contribution is 5.73. The van der Waals surface area contributed by atoms with Crippen LogP contribution >= 0.6 is 0 Å². The average Bonchev–Trinajstić information content (AvgIpc) is 2.85. The van der Waals surface area contributed by atoms with Crippen LogP contribution in [0.15, 0.2) is 29.0 Å². The first-order valence-electron chi connectivity index (χ1n) is 6.08. The normalized spacial score (nSPS) is 17.4. The number of aromatic nitrogens is 1. The van der Waals surface area contributed by atoms with E-state index in [0.717, 1.165) is 36.5 Å². The van der Waals surface area contributed by atoms with Gasteiger partial charge in [-0.2, -0.15) is 0 Å². The van der Waals surface area contributed by atoms with Crippen LogP contribution in [0.3, 0.4) is 0 Å². The molecule has 0 saturated carbocycles. The van der Waals surface area contributed by atoms with Crippen LogP contribution in [-0.2, 0) is 0 Å². The molecular weight excluding hydrogens is 216 g/mol. The molecule has 0 radical (unpaired) electrons. The van der Waals surface area contributed by atoms with Gasteiger partial charge in [-0.15, -0.1) is 0 Å². The number of hydrogen-bond donors (Lipinski definition) is 1. The van der Waals surface area contributed by atoms with Crippen LogP contribution < -0.4 is 10.1 Å². The molecular formula is C13H16N2O2. The van der Waals surface area contributed by atoms with Crippen LogP contribution in [0.25, 0.3) is 11.1 Å². The monoisotopic (exact) mass is 232 g/mol. The van der Waals surface area contributed by atoms with Gasteiger partial charge in [0.25, 0.3) is 0 Å². The summed E-state index contributed by atoms with van der Waals surface area (Å²) in [5, 5.41) is 3.35. The molecule has 1 saturated heterocycles. The van der Waals surface area contributed by atoms with Gasteiger partial charge in [0.05, 0.1) is 6.61 Å². The molecule has 2 heterocycles. The lowest BCUT2D eigenvalue weighted by molar-refractivity contribution is 0.215. The van der Waals surface area contributed by atoms with E-state index in [0.29, 0.717) is 5.92 Å². The van der Waals surface area contributed by atoms with Gasteiger partial charge >= 0.3 is 0 Å². The largest absolute Gasteiger partial charge is 0.493 e. The zero-order valence-corrected chi connectivity index (χ0v) is 9.69.